The van der Waals surface area contributed by atoms with E-state index >= 15 is 0 Å². The van der Waals surface area contributed by atoms with Crippen molar-refractivity contribution in [2.24, 2.45) is 0 Å². The zero-order chi connectivity index (χ0) is 18.5. The Kier molecular flexibility index (Phi) is 6.12. The predicted octanol–water partition coefficient (Wildman–Crippen LogP) is 4.70. The number of hydrogen-bond donors (Lipinski definition) is 2. The number of amides is 2. The van der Waals surface area contributed by atoms with Gasteiger partial charge in [0.1, 0.15) is 10.3 Å². The molecule has 2 amide bonds. The van der Waals surface area contributed by atoms with Gasteiger partial charge in [-0.05, 0) is 49.2 Å². The molecule has 2 aromatic rings. The number of carbonyl (C=O) groups excluding carboxylic acids is 2. The Hall–Kier alpha value is -2.11. The van der Waals surface area contributed by atoms with E-state index in [4.69, 9.17) is 23.2 Å². The van der Waals surface area contributed by atoms with Gasteiger partial charge in [-0.2, -0.15) is 0 Å². The fourth-order valence-corrected chi connectivity index (χ4v) is 3.48. The Balaban J connectivity index is 1.61. The summed E-state index contributed by atoms with van der Waals surface area (Å²) in [4.78, 5) is 28.4. The van der Waals surface area contributed by atoms with Crippen molar-refractivity contribution in [1.82, 2.24) is 10.3 Å². The highest BCUT2D eigenvalue weighted by atomic mass is 35.5. The van der Waals surface area contributed by atoms with Crippen LogP contribution in [0.4, 0.5) is 5.69 Å². The molecule has 3 rings (SSSR count). The van der Waals surface area contributed by atoms with Crippen LogP contribution in [0.2, 0.25) is 10.3 Å². The molecule has 1 aliphatic carbocycles. The molecule has 26 heavy (non-hydrogen) atoms. The number of nitrogens with zero attached hydrogens (tertiary/aromatic N) is 1. The number of carbonyl (C=O) groups is 2. The van der Waals surface area contributed by atoms with Gasteiger partial charge in [0.05, 0.1) is 0 Å². The van der Waals surface area contributed by atoms with E-state index in [2.05, 4.69) is 15.6 Å². The zero-order valence-electron chi connectivity index (χ0n) is 14.1. The Morgan fingerprint density at radius 1 is 0.885 bits per heavy atom. The lowest BCUT2D eigenvalue weighted by molar-refractivity contribution is 0.0927. The van der Waals surface area contributed by atoms with Crippen molar-refractivity contribution in [3.8, 4) is 0 Å². The van der Waals surface area contributed by atoms with E-state index in [1.165, 1.54) is 31.4 Å². The van der Waals surface area contributed by atoms with Crippen molar-refractivity contribution in [2.45, 2.75) is 38.1 Å². The molecule has 1 heterocycles. The van der Waals surface area contributed by atoms with Crippen LogP contribution in [0.3, 0.4) is 0 Å². The molecule has 1 fully saturated rings. The molecule has 1 aromatic heterocycles. The van der Waals surface area contributed by atoms with Crippen LogP contribution < -0.4 is 10.6 Å². The van der Waals surface area contributed by atoms with E-state index in [9.17, 15) is 9.59 Å². The maximum Gasteiger partial charge on any atom is 0.255 e. The average Bonchev–Trinajstić information content (AvgIpc) is 2.62. The van der Waals surface area contributed by atoms with Crippen LogP contribution in [0.1, 0.15) is 52.8 Å². The lowest BCUT2D eigenvalue weighted by atomic mass is 9.95. The first kappa shape index (κ1) is 18.7. The Labute approximate surface area is 162 Å². The van der Waals surface area contributed by atoms with Gasteiger partial charge in [0.25, 0.3) is 11.8 Å². The smallest absolute Gasteiger partial charge is 0.255 e. The highest BCUT2D eigenvalue weighted by molar-refractivity contribution is 6.33. The van der Waals surface area contributed by atoms with Crippen LogP contribution in [0.15, 0.2) is 36.4 Å². The molecule has 0 atom stereocenters. The van der Waals surface area contributed by atoms with Crippen molar-refractivity contribution in [3.05, 3.63) is 57.8 Å². The van der Waals surface area contributed by atoms with Crippen molar-refractivity contribution in [3.63, 3.8) is 0 Å². The minimum atomic E-state index is -0.351. The van der Waals surface area contributed by atoms with E-state index in [1.54, 1.807) is 24.3 Å². The lowest BCUT2D eigenvalue weighted by Gasteiger charge is -2.22. The number of pyridine rings is 1. The van der Waals surface area contributed by atoms with Gasteiger partial charge in [-0.1, -0.05) is 42.5 Å². The van der Waals surface area contributed by atoms with Crippen LogP contribution in [0.5, 0.6) is 0 Å². The molecule has 0 radical (unpaired) electrons. The second-order valence-electron chi connectivity index (χ2n) is 6.34. The molecule has 1 aliphatic rings. The Bertz CT molecular complexity index is 783. The Morgan fingerprint density at radius 3 is 2.12 bits per heavy atom. The number of aromatic nitrogens is 1. The van der Waals surface area contributed by atoms with Crippen LogP contribution in [-0.2, 0) is 0 Å². The molecule has 7 heteroatoms. The SMILES string of the molecule is O=C(Nc1ccc(C(=O)NC2CCCCC2)cc1)c1cc(Cl)nc(Cl)c1. The summed E-state index contributed by atoms with van der Waals surface area (Å²) in [7, 11) is 0. The molecule has 1 aromatic carbocycles. The van der Waals surface area contributed by atoms with E-state index in [0.717, 1.165) is 12.8 Å². The van der Waals surface area contributed by atoms with E-state index in [1.807, 2.05) is 0 Å². The summed E-state index contributed by atoms with van der Waals surface area (Å²) in [6.07, 6.45) is 5.65. The van der Waals surface area contributed by atoms with Gasteiger partial charge in [-0.25, -0.2) is 4.98 Å². The van der Waals surface area contributed by atoms with E-state index < -0.39 is 0 Å². The number of benzene rings is 1. The van der Waals surface area contributed by atoms with Crippen LogP contribution in [0, 0.1) is 0 Å². The monoisotopic (exact) mass is 391 g/mol. The van der Waals surface area contributed by atoms with Gasteiger partial charge < -0.3 is 10.6 Å². The summed E-state index contributed by atoms with van der Waals surface area (Å²) in [6, 6.07) is 9.91. The van der Waals surface area contributed by atoms with Crippen molar-refractivity contribution >= 4 is 40.7 Å². The first-order valence-corrected chi connectivity index (χ1v) is 9.32. The summed E-state index contributed by atoms with van der Waals surface area (Å²) < 4.78 is 0. The largest absolute Gasteiger partial charge is 0.349 e. The third-order valence-corrected chi connectivity index (χ3v) is 4.76. The van der Waals surface area contributed by atoms with Crippen LogP contribution in [-0.4, -0.2) is 22.8 Å². The topological polar surface area (TPSA) is 71.1 Å². The molecule has 0 saturated heterocycles. The molecule has 136 valence electrons. The molecule has 2 N–H and O–H groups in total. The van der Waals surface area contributed by atoms with Gasteiger partial charge in [0, 0.05) is 22.9 Å². The molecular formula is C19H19Cl2N3O2. The highest BCUT2D eigenvalue weighted by Crippen LogP contribution is 2.19. The molecule has 0 spiro atoms. The van der Waals surface area contributed by atoms with Gasteiger partial charge in [0.15, 0.2) is 0 Å². The highest BCUT2D eigenvalue weighted by Gasteiger charge is 2.16. The van der Waals surface area contributed by atoms with Gasteiger partial charge in [-0.15, -0.1) is 0 Å². The van der Waals surface area contributed by atoms with Gasteiger partial charge in [-0.3, -0.25) is 9.59 Å². The molecule has 1 saturated carbocycles. The maximum atomic E-state index is 12.3. The van der Waals surface area contributed by atoms with Gasteiger partial charge >= 0.3 is 0 Å². The standard InChI is InChI=1S/C19H19Cl2N3O2/c20-16-10-13(11-17(21)24-16)19(26)23-15-8-6-12(7-9-15)18(25)22-14-4-2-1-3-5-14/h6-11,14H,1-5H2,(H,22,25)(H,23,26). The van der Waals surface area contributed by atoms with Crippen molar-refractivity contribution in [2.75, 3.05) is 5.32 Å². The normalized spacial score (nSPS) is 14.7. The first-order valence-electron chi connectivity index (χ1n) is 8.56. The summed E-state index contributed by atoms with van der Waals surface area (Å²) in [5, 5.41) is 6.12. The fourth-order valence-electron chi connectivity index (χ4n) is 3.02. The number of halogens is 2. The van der Waals surface area contributed by atoms with E-state index in [0.29, 0.717) is 16.8 Å². The van der Waals surface area contributed by atoms with Gasteiger partial charge in [0.2, 0.25) is 0 Å². The first-order chi connectivity index (χ1) is 12.5. The Morgan fingerprint density at radius 2 is 1.50 bits per heavy atom. The number of nitrogens with one attached hydrogen (secondary N) is 2. The third-order valence-electron chi connectivity index (χ3n) is 4.37. The second kappa shape index (κ2) is 8.52. The molecule has 0 aliphatic heterocycles. The van der Waals surface area contributed by atoms with Crippen LogP contribution >= 0.6 is 23.2 Å². The van der Waals surface area contributed by atoms with E-state index in [-0.39, 0.29) is 28.2 Å². The number of anilines is 1. The summed E-state index contributed by atoms with van der Waals surface area (Å²) in [5.41, 5.74) is 1.46. The zero-order valence-corrected chi connectivity index (χ0v) is 15.6. The minimum Gasteiger partial charge on any atom is -0.349 e. The molecule has 0 bridgehead atoms. The van der Waals surface area contributed by atoms with Crippen molar-refractivity contribution < 1.29 is 9.59 Å². The maximum absolute atomic E-state index is 12.3. The van der Waals surface area contributed by atoms with Crippen LogP contribution in [0.25, 0.3) is 0 Å². The molecule has 0 unspecified atom stereocenters. The predicted molar refractivity (Wildman–Crippen MR) is 103 cm³/mol. The summed E-state index contributed by atoms with van der Waals surface area (Å²) >= 11 is 11.6. The lowest BCUT2D eigenvalue weighted by Crippen LogP contribution is -2.36. The second-order valence-corrected chi connectivity index (χ2v) is 7.12. The number of hydrogen-bond acceptors (Lipinski definition) is 3. The minimum absolute atomic E-state index is 0.0810. The average molecular weight is 392 g/mol. The molecule has 5 nitrogen and oxygen atoms in total. The summed E-state index contributed by atoms with van der Waals surface area (Å²) in [6.45, 7) is 0. The third kappa shape index (κ3) is 4.96. The molecular weight excluding hydrogens is 373 g/mol. The van der Waals surface area contributed by atoms with Crippen molar-refractivity contribution in [1.29, 1.82) is 0 Å². The summed E-state index contributed by atoms with van der Waals surface area (Å²) in [5.74, 6) is -0.432. The number of rotatable bonds is 4. The quantitative estimate of drug-likeness (QED) is 0.741. The fraction of sp³-hybridized carbons (Fsp3) is 0.316.